The maximum absolute atomic E-state index is 9.71. The molecule has 1 aromatic rings. The Morgan fingerprint density at radius 2 is 2.20 bits per heavy atom. The largest absolute Gasteiger partial charge is 0.393 e. The summed E-state index contributed by atoms with van der Waals surface area (Å²) in [6.45, 7) is 0.939. The van der Waals surface area contributed by atoms with Crippen molar-refractivity contribution in [3.63, 3.8) is 0 Å². The number of aliphatic hydroxyl groups excluding tert-OH is 1. The Labute approximate surface area is 91.5 Å². The molecular formula is C11H21N3O. The van der Waals surface area contributed by atoms with Gasteiger partial charge in [-0.3, -0.25) is 4.68 Å². The van der Waals surface area contributed by atoms with Crippen LogP contribution in [0.25, 0.3) is 0 Å². The van der Waals surface area contributed by atoms with Crippen molar-refractivity contribution in [3.8, 4) is 0 Å². The maximum Gasteiger partial charge on any atom is 0.0555 e. The fourth-order valence-corrected chi connectivity index (χ4v) is 1.49. The third-order valence-corrected chi connectivity index (χ3v) is 2.43. The van der Waals surface area contributed by atoms with E-state index < -0.39 is 0 Å². The number of hydrogen-bond donors (Lipinski definition) is 1. The first-order chi connectivity index (χ1) is 7.08. The average molecular weight is 211 g/mol. The van der Waals surface area contributed by atoms with Gasteiger partial charge in [0.05, 0.1) is 12.3 Å². The summed E-state index contributed by atoms with van der Waals surface area (Å²) in [7, 11) is 5.95. The van der Waals surface area contributed by atoms with Gasteiger partial charge in [0.1, 0.15) is 0 Å². The topological polar surface area (TPSA) is 41.3 Å². The molecule has 0 amide bonds. The molecule has 86 valence electrons. The third-order valence-electron chi connectivity index (χ3n) is 2.43. The zero-order valence-corrected chi connectivity index (χ0v) is 9.85. The minimum Gasteiger partial charge on any atom is -0.393 e. The fourth-order valence-electron chi connectivity index (χ4n) is 1.49. The second-order valence-corrected chi connectivity index (χ2v) is 4.31. The molecule has 0 aromatic carbocycles. The van der Waals surface area contributed by atoms with Crippen LogP contribution in [-0.2, 0) is 13.5 Å². The summed E-state index contributed by atoms with van der Waals surface area (Å²) in [6, 6.07) is 0. The minimum atomic E-state index is -0.201. The van der Waals surface area contributed by atoms with Gasteiger partial charge in [0.15, 0.2) is 0 Å². The molecule has 0 aliphatic heterocycles. The van der Waals surface area contributed by atoms with E-state index in [2.05, 4.69) is 10.00 Å². The van der Waals surface area contributed by atoms with Gasteiger partial charge in [-0.2, -0.15) is 5.10 Å². The van der Waals surface area contributed by atoms with Crippen LogP contribution in [0.15, 0.2) is 12.4 Å². The first kappa shape index (κ1) is 12.2. The van der Waals surface area contributed by atoms with Crippen LogP contribution < -0.4 is 0 Å². The first-order valence-corrected chi connectivity index (χ1v) is 5.38. The van der Waals surface area contributed by atoms with Crippen molar-refractivity contribution in [2.24, 2.45) is 7.05 Å². The molecule has 0 aliphatic carbocycles. The first-order valence-electron chi connectivity index (χ1n) is 5.38. The monoisotopic (exact) mass is 211 g/mol. The summed E-state index contributed by atoms with van der Waals surface area (Å²) in [5.41, 5.74) is 1.20. The van der Waals surface area contributed by atoms with Gasteiger partial charge in [0.2, 0.25) is 0 Å². The average Bonchev–Trinajstić information content (AvgIpc) is 2.58. The van der Waals surface area contributed by atoms with Crippen LogP contribution in [0.1, 0.15) is 18.4 Å². The van der Waals surface area contributed by atoms with Crippen molar-refractivity contribution in [1.29, 1.82) is 0 Å². The Balaban J connectivity index is 2.19. The number of rotatable bonds is 6. The molecule has 1 rings (SSSR count). The molecule has 0 aliphatic rings. The second kappa shape index (κ2) is 5.88. The lowest BCUT2D eigenvalue weighted by atomic mass is 10.1. The molecule has 0 radical (unpaired) electrons. The number of nitrogens with zero attached hydrogens (tertiary/aromatic N) is 3. The van der Waals surface area contributed by atoms with Crippen LogP contribution in [0.4, 0.5) is 0 Å². The zero-order chi connectivity index (χ0) is 11.3. The van der Waals surface area contributed by atoms with Gasteiger partial charge in [0.25, 0.3) is 0 Å². The molecule has 15 heavy (non-hydrogen) atoms. The maximum atomic E-state index is 9.71. The van der Waals surface area contributed by atoms with Crippen LogP contribution in [0.5, 0.6) is 0 Å². The van der Waals surface area contributed by atoms with Crippen LogP contribution >= 0.6 is 0 Å². The molecule has 1 heterocycles. The Morgan fingerprint density at radius 3 is 2.73 bits per heavy atom. The van der Waals surface area contributed by atoms with Gasteiger partial charge >= 0.3 is 0 Å². The van der Waals surface area contributed by atoms with Crippen molar-refractivity contribution in [1.82, 2.24) is 14.7 Å². The predicted octanol–water partition coefficient (Wildman–Crippen LogP) is 0.665. The number of aromatic nitrogens is 2. The summed E-state index contributed by atoms with van der Waals surface area (Å²) < 4.78 is 1.79. The standard InChI is InChI=1S/C11H21N3O/c1-13(2)7-6-11(15)5-4-10-8-12-14(3)9-10/h8-9,11,15H,4-7H2,1-3H3. The fraction of sp³-hybridized carbons (Fsp3) is 0.727. The van der Waals surface area contributed by atoms with Gasteiger partial charge in [0, 0.05) is 13.2 Å². The van der Waals surface area contributed by atoms with E-state index in [9.17, 15) is 5.11 Å². The van der Waals surface area contributed by atoms with E-state index in [1.165, 1.54) is 5.56 Å². The van der Waals surface area contributed by atoms with Crippen molar-refractivity contribution >= 4 is 0 Å². The lowest BCUT2D eigenvalue weighted by molar-refractivity contribution is 0.143. The summed E-state index contributed by atoms with van der Waals surface area (Å²) in [5, 5.41) is 13.8. The summed E-state index contributed by atoms with van der Waals surface area (Å²) in [5.74, 6) is 0. The van der Waals surface area contributed by atoms with Gasteiger partial charge in [-0.05, 0) is 45.5 Å². The Kier molecular flexibility index (Phi) is 4.78. The van der Waals surface area contributed by atoms with Crippen molar-refractivity contribution in [2.75, 3.05) is 20.6 Å². The third kappa shape index (κ3) is 4.95. The molecule has 1 N–H and O–H groups in total. The molecule has 0 saturated carbocycles. The van der Waals surface area contributed by atoms with E-state index in [-0.39, 0.29) is 6.10 Å². The highest BCUT2D eigenvalue weighted by Gasteiger charge is 2.05. The van der Waals surface area contributed by atoms with Gasteiger partial charge < -0.3 is 10.0 Å². The van der Waals surface area contributed by atoms with Crippen LogP contribution in [0.3, 0.4) is 0 Å². The van der Waals surface area contributed by atoms with E-state index in [0.717, 1.165) is 25.8 Å². The molecule has 4 nitrogen and oxygen atoms in total. The molecule has 0 fully saturated rings. The highest BCUT2D eigenvalue weighted by Crippen LogP contribution is 2.06. The van der Waals surface area contributed by atoms with Crippen LogP contribution in [-0.4, -0.2) is 46.5 Å². The van der Waals surface area contributed by atoms with Crippen molar-refractivity contribution in [2.45, 2.75) is 25.4 Å². The second-order valence-electron chi connectivity index (χ2n) is 4.31. The van der Waals surface area contributed by atoms with Crippen LogP contribution in [0.2, 0.25) is 0 Å². The molecule has 1 unspecified atom stereocenters. The molecule has 0 spiro atoms. The Morgan fingerprint density at radius 1 is 1.47 bits per heavy atom. The summed E-state index contributed by atoms with van der Waals surface area (Å²) in [4.78, 5) is 2.09. The van der Waals surface area contributed by atoms with E-state index in [1.54, 1.807) is 4.68 Å². The van der Waals surface area contributed by atoms with E-state index in [0.29, 0.717) is 0 Å². The zero-order valence-electron chi connectivity index (χ0n) is 9.85. The van der Waals surface area contributed by atoms with Gasteiger partial charge in [-0.1, -0.05) is 0 Å². The molecule has 0 bridgehead atoms. The van der Waals surface area contributed by atoms with Gasteiger partial charge in [-0.15, -0.1) is 0 Å². The van der Waals surface area contributed by atoms with E-state index in [1.807, 2.05) is 33.5 Å². The quantitative estimate of drug-likeness (QED) is 0.752. The highest BCUT2D eigenvalue weighted by molar-refractivity contribution is 5.03. The van der Waals surface area contributed by atoms with Crippen LogP contribution in [0, 0.1) is 0 Å². The lowest BCUT2D eigenvalue weighted by Gasteiger charge is -2.13. The summed E-state index contributed by atoms with van der Waals surface area (Å²) >= 11 is 0. The summed E-state index contributed by atoms with van der Waals surface area (Å²) in [6.07, 6.45) is 6.22. The molecule has 1 atom stereocenters. The number of aryl methyl sites for hydroxylation is 2. The highest BCUT2D eigenvalue weighted by atomic mass is 16.3. The van der Waals surface area contributed by atoms with Gasteiger partial charge in [-0.25, -0.2) is 0 Å². The van der Waals surface area contributed by atoms with Crippen molar-refractivity contribution in [3.05, 3.63) is 18.0 Å². The normalized spacial score (nSPS) is 13.4. The molecule has 1 aromatic heterocycles. The predicted molar refractivity (Wildman–Crippen MR) is 60.7 cm³/mol. The SMILES string of the molecule is CN(C)CCC(O)CCc1cnn(C)c1. The minimum absolute atomic E-state index is 0.201. The Bertz CT molecular complexity index is 283. The molecule has 0 saturated heterocycles. The molecule has 4 heteroatoms. The van der Waals surface area contributed by atoms with E-state index in [4.69, 9.17) is 0 Å². The lowest BCUT2D eigenvalue weighted by Crippen LogP contribution is -2.19. The Hall–Kier alpha value is -0.870. The number of hydrogen-bond acceptors (Lipinski definition) is 3. The smallest absolute Gasteiger partial charge is 0.0555 e. The number of aliphatic hydroxyl groups is 1. The van der Waals surface area contributed by atoms with Crippen molar-refractivity contribution < 1.29 is 5.11 Å². The van der Waals surface area contributed by atoms with E-state index >= 15 is 0 Å². The molecular weight excluding hydrogens is 190 g/mol.